The molecule has 4 heteroatoms. The highest BCUT2D eigenvalue weighted by Gasteiger charge is 2.20. The van der Waals surface area contributed by atoms with Gasteiger partial charge in [0.1, 0.15) is 5.75 Å². The number of carbonyl (C=O) groups is 1. The lowest BCUT2D eigenvalue weighted by Crippen LogP contribution is -2.44. The van der Waals surface area contributed by atoms with E-state index in [1.165, 1.54) is 5.69 Å². The van der Waals surface area contributed by atoms with Crippen molar-refractivity contribution in [2.24, 2.45) is 0 Å². The van der Waals surface area contributed by atoms with Crippen LogP contribution in [0.25, 0.3) is 0 Å². The zero-order valence-corrected chi connectivity index (χ0v) is 13.3. The number of anilines is 1. The van der Waals surface area contributed by atoms with Crippen molar-refractivity contribution in [3.63, 3.8) is 0 Å². The van der Waals surface area contributed by atoms with Crippen LogP contribution < -0.4 is 15.0 Å². The number of nitrogens with zero attached hydrogens (tertiary/aromatic N) is 1. The Labute approximate surface area is 132 Å². The number of carbonyl (C=O) groups excluding carboxylic acids is 1. The van der Waals surface area contributed by atoms with E-state index in [-0.39, 0.29) is 11.9 Å². The Kier molecular flexibility index (Phi) is 6.07. The van der Waals surface area contributed by atoms with Crippen LogP contribution in [0.4, 0.5) is 5.69 Å². The second-order valence-electron chi connectivity index (χ2n) is 5.35. The Morgan fingerprint density at radius 1 is 1.23 bits per heavy atom. The highest BCUT2D eigenvalue weighted by atomic mass is 16.5. The van der Waals surface area contributed by atoms with E-state index < -0.39 is 0 Å². The van der Waals surface area contributed by atoms with Crippen molar-refractivity contribution >= 4 is 11.6 Å². The third kappa shape index (κ3) is 4.65. The number of benzene rings is 1. The molecule has 0 bridgehead atoms. The summed E-state index contributed by atoms with van der Waals surface area (Å²) >= 11 is 0. The lowest BCUT2D eigenvalue weighted by atomic mass is 10.0. The molecule has 4 nitrogen and oxygen atoms in total. The molecule has 1 aromatic carbocycles. The van der Waals surface area contributed by atoms with E-state index >= 15 is 0 Å². The summed E-state index contributed by atoms with van der Waals surface area (Å²) < 4.78 is 5.18. The highest BCUT2D eigenvalue weighted by Crippen LogP contribution is 2.22. The van der Waals surface area contributed by atoms with E-state index in [0.717, 1.165) is 31.7 Å². The Bertz CT molecular complexity index is 527. The number of ether oxygens (including phenoxy) is 1. The van der Waals surface area contributed by atoms with Gasteiger partial charge in [0.25, 0.3) is 0 Å². The van der Waals surface area contributed by atoms with Gasteiger partial charge in [-0.05, 0) is 44.0 Å². The number of methoxy groups -OCH3 is 1. The molecule has 0 saturated carbocycles. The van der Waals surface area contributed by atoms with E-state index in [1.54, 1.807) is 19.3 Å². The van der Waals surface area contributed by atoms with Crippen LogP contribution in [0, 0.1) is 0 Å². The van der Waals surface area contributed by atoms with E-state index in [9.17, 15) is 4.79 Å². The van der Waals surface area contributed by atoms with Gasteiger partial charge in [0, 0.05) is 30.9 Å². The molecular formula is C18H24N2O2. The van der Waals surface area contributed by atoms with Crippen molar-refractivity contribution in [3.05, 3.63) is 48.6 Å². The average molecular weight is 300 g/mol. The standard InChI is InChI=1S/C18H24N2O2/c1-3-4-5-6-18(21)19-15-11-13-20(14-12-15)16-7-9-17(22-2)10-8-16/h3-10,15H,11-14H2,1-2H3,(H,19,21)/b4-3+,6-5+. The SMILES string of the molecule is C/C=C/C=C/C(=O)NC1CCN(c2ccc(OC)cc2)CC1. The highest BCUT2D eigenvalue weighted by molar-refractivity contribution is 5.88. The summed E-state index contributed by atoms with van der Waals surface area (Å²) in [5.74, 6) is 0.861. The maximum Gasteiger partial charge on any atom is 0.244 e. The molecule has 0 aliphatic carbocycles. The average Bonchev–Trinajstić information content (AvgIpc) is 2.56. The van der Waals surface area contributed by atoms with Crippen LogP contribution in [0.1, 0.15) is 19.8 Å². The smallest absolute Gasteiger partial charge is 0.244 e. The molecule has 1 aromatic rings. The van der Waals surface area contributed by atoms with Gasteiger partial charge in [-0.15, -0.1) is 0 Å². The number of hydrogen-bond acceptors (Lipinski definition) is 3. The number of amides is 1. The molecule has 1 N–H and O–H groups in total. The fourth-order valence-electron chi connectivity index (χ4n) is 2.58. The number of rotatable bonds is 5. The molecule has 1 aliphatic heterocycles. The Hall–Kier alpha value is -2.23. The van der Waals surface area contributed by atoms with Crippen molar-refractivity contribution in [2.75, 3.05) is 25.1 Å². The summed E-state index contributed by atoms with van der Waals surface area (Å²) in [5, 5.41) is 3.06. The van der Waals surface area contributed by atoms with Gasteiger partial charge in [-0.25, -0.2) is 0 Å². The molecule has 0 aromatic heterocycles. The first kappa shape index (κ1) is 16.1. The summed E-state index contributed by atoms with van der Waals surface area (Å²) in [6.07, 6.45) is 9.03. The second kappa shape index (κ2) is 8.27. The minimum atomic E-state index is -0.0130. The maximum atomic E-state index is 11.7. The lowest BCUT2D eigenvalue weighted by Gasteiger charge is -2.33. The Balaban J connectivity index is 1.81. The van der Waals surface area contributed by atoms with Gasteiger partial charge >= 0.3 is 0 Å². The Morgan fingerprint density at radius 3 is 2.50 bits per heavy atom. The Morgan fingerprint density at radius 2 is 1.91 bits per heavy atom. The molecule has 1 amide bonds. The van der Waals surface area contributed by atoms with Gasteiger partial charge in [-0.1, -0.05) is 18.2 Å². The third-order valence-electron chi connectivity index (χ3n) is 3.83. The first-order chi connectivity index (χ1) is 10.7. The fourth-order valence-corrected chi connectivity index (χ4v) is 2.58. The van der Waals surface area contributed by atoms with Gasteiger partial charge in [0.15, 0.2) is 0 Å². The van der Waals surface area contributed by atoms with E-state index in [0.29, 0.717) is 0 Å². The van der Waals surface area contributed by atoms with Crippen LogP contribution in [0.2, 0.25) is 0 Å². The minimum Gasteiger partial charge on any atom is -0.497 e. The molecule has 118 valence electrons. The van der Waals surface area contributed by atoms with Crippen LogP contribution in [-0.4, -0.2) is 32.1 Å². The van der Waals surface area contributed by atoms with Crippen LogP contribution in [0.3, 0.4) is 0 Å². The number of nitrogens with one attached hydrogen (secondary N) is 1. The monoisotopic (exact) mass is 300 g/mol. The van der Waals surface area contributed by atoms with E-state index in [2.05, 4.69) is 22.3 Å². The van der Waals surface area contributed by atoms with E-state index in [1.807, 2.05) is 31.2 Å². The first-order valence-corrected chi connectivity index (χ1v) is 7.72. The van der Waals surface area contributed by atoms with E-state index in [4.69, 9.17) is 4.74 Å². The third-order valence-corrected chi connectivity index (χ3v) is 3.83. The summed E-state index contributed by atoms with van der Waals surface area (Å²) in [7, 11) is 1.67. The lowest BCUT2D eigenvalue weighted by molar-refractivity contribution is -0.117. The fraction of sp³-hybridized carbons (Fsp3) is 0.389. The molecule has 0 unspecified atom stereocenters. The molecule has 0 atom stereocenters. The largest absolute Gasteiger partial charge is 0.497 e. The van der Waals surface area contributed by atoms with Crippen molar-refractivity contribution in [3.8, 4) is 5.75 Å². The summed E-state index contributed by atoms with van der Waals surface area (Å²) in [5.41, 5.74) is 1.21. The van der Waals surface area contributed by atoms with Gasteiger partial charge in [-0.2, -0.15) is 0 Å². The van der Waals surface area contributed by atoms with Gasteiger partial charge in [0.05, 0.1) is 7.11 Å². The zero-order chi connectivity index (χ0) is 15.8. The predicted octanol–water partition coefficient (Wildman–Crippen LogP) is 2.91. The number of hydrogen-bond donors (Lipinski definition) is 1. The van der Waals surface area contributed by atoms with Crippen molar-refractivity contribution in [2.45, 2.75) is 25.8 Å². The maximum absolute atomic E-state index is 11.7. The van der Waals surface area contributed by atoms with Crippen LogP contribution in [0.15, 0.2) is 48.6 Å². The van der Waals surface area contributed by atoms with Gasteiger partial charge in [0.2, 0.25) is 5.91 Å². The molecule has 2 rings (SSSR count). The molecule has 1 heterocycles. The van der Waals surface area contributed by atoms with Gasteiger partial charge in [-0.3, -0.25) is 4.79 Å². The summed E-state index contributed by atoms with van der Waals surface area (Å²) in [6.45, 7) is 3.84. The zero-order valence-electron chi connectivity index (χ0n) is 13.3. The first-order valence-electron chi connectivity index (χ1n) is 7.72. The predicted molar refractivity (Wildman–Crippen MR) is 90.3 cm³/mol. The summed E-state index contributed by atoms with van der Waals surface area (Å²) in [4.78, 5) is 14.1. The number of piperidine rings is 1. The molecule has 22 heavy (non-hydrogen) atoms. The molecule has 1 saturated heterocycles. The minimum absolute atomic E-state index is 0.0130. The molecular weight excluding hydrogens is 276 g/mol. The molecule has 0 radical (unpaired) electrons. The molecule has 1 aliphatic rings. The van der Waals surface area contributed by atoms with Crippen LogP contribution >= 0.6 is 0 Å². The van der Waals surface area contributed by atoms with Crippen molar-refractivity contribution in [1.82, 2.24) is 5.32 Å². The summed E-state index contributed by atoms with van der Waals surface area (Å²) in [6, 6.07) is 8.39. The topological polar surface area (TPSA) is 41.6 Å². The van der Waals surface area contributed by atoms with Crippen LogP contribution in [-0.2, 0) is 4.79 Å². The van der Waals surface area contributed by atoms with Crippen LogP contribution in [0.5, 0.6) is 5.75 Å². The quantitative estimate of drug-likeness (QED) is 0.671. The van der Waals surface area contributed by atoms with Crippen molar-refractivity contribution < 1.29 is 9.53 Å². The van der Waals surface area contributed by atoms with Crippen molar-refractivity contribution in [1.29, 1.82) is 0 Å². The molecule has 1 fully saturated rings. The van der Waals surface area contributed by atoms with Gasteiger partial charge < -0.3 is 15.0 Å². The second-order valence-corrected chi connectivity index (χ2v) is 5.35. The normalized spacial score (nSPS) is 16.4. The number of allylic oxidation sites excluding steroid dienone is 3. The molecule has 0 spiro atoms.